The first-order valence-electron chi connectivity index (χ1n) is 11.4. The Bertz CT molecular complexity index is 1280. The molecule has 182 valence electrons. The van der Waals surface area contributed by atoms with E-state index in [1.54, 1.807) is 79.1 Å². The van der Waals surface area contributed by atoms with Gasteiger partial charge in [0.2, 0.25) is 0 Å². The van der Waals surface area contributed by atoms with E-state index in [0.29, 0.717) is 35.8 Å². The predicted octanol–water partition coefficient (Wildman–Crippen LogP) is 4.83. The number of aliphatic hydroxyl groups is 1. The lowest BCUT2D eigenvalue weighted by Crippen LogP contribution is -2.29. The summed E-state index contributed by atoms with van der Waals surface area (Å²) in [6, 6.07) is 16.5. The monoisotopic (exact) mass is 482 g/mol. The number of nitrogens with zero attached hydrogens (tertiary/aromatic N) is 2. The van der Waals surface area contributed by atoms with E-state index in [2.05, 4.69) is 18.1 Å². The summed E-state index contributed by atoms with van der Waals surface area (Å²) in [4.78, 5) is 32.0. The third-order valence-electron chi connectivity index (χ3n) is 5.67. The number of Topliss-reactive ketones (excluding diaryl/α,β-unsaturated/α-hetero) is 1. The normalized spacial score (nSPS) is 16.6. The van der Waals surface area contributed by atoms with Gasteiger partial charge in [0.05, 0.1) is 11.6 Å². The first kappa shape index (κ1) is 24.5. The highest BCUT2D eigenvalue weighted by Crippen LogP contribution is 2.40. The number of carbonyl (C=O) groups is 2. The highest BCUT2D eigenvalue weighted by Gasteiger charge is 2.46. The zero-order valence-electron chi connectivity index (χ0n) is 19.7. The maximum atomic E-state index is 13.2. The largest absolute Gasteiger partial charge is 0.507 e. The Morgan fingerprint density at radius 3 is 2.11 bits per heavy atom. The molecule has 36 heavy (non-hydrogen) atoms. The average molecular weight is 483 g/mol. The zero-order chi connectivity index (χ0) is 25.5. The predicted molar refractivity (Wildman–Crippen MR) is 136 cm³/mol. The Hall–Kier alpha value is -4.65. The van der Waals surface area contributed by atoms with Crippen LogP contribution in [-0.2, 0) is 16.1 Å². The van der Waals surface area contributed by atoms with Crippen LogP contribution in [0.4, 0.5) is 0 Å². The lowest BCUT2D eigenvalue weighted by molar-refractivity contribution is -0.140. The van der Waals surface area contributed by atoms with Crippen molar-refractivity contribution in [1.82, 2.24) is 9.88 Å². The Kier molecular flexibility index (Phi) is 7.60. The van der Waals surface area contributed by atoms with Crippen molar-refractivity contribution in [3.05, 3.63) is 121 Å². The maximum absolute atomic E-state index is 13.2. The van der Waals surface area contributed by atoms with Crippen LogP contribution in [-0.4, -0.2) is 39.9 Å². The SMILES string of the molecule is C=CCOc1ccc(/C(O)=C2\C(=O)C(=O)N(Cc3cccnc3)C2c2ccc(OCC=C)cc2)cc1. The molecule has 1 aliphatic heterocycles. The molecule has 1 aromatic heterocycles. The molecule has 1 N–H and O–H groups in total. The average Bonchev–Trinajstić information content (AvgIpc) is 3.16. The lowest BCUT2D eigenvalue weighted by Gasteiger charge is -2.25. The molecule has 1 aliphatic rings. The summed E-state index contributed by atoms with van der Waals surface area (Å²) < 4.78 is 11.1. The van der Waals surface area contributed by atoms with Crippen molar-refractivity contribution in [3.8, 4) is 11.5 Å². The van der Waals surface area contributed by atoms with Gasteiger partial charge >= 0.3 is 0 Å². The molecule has 1 atom stereocenters. The number of amides is 1. The highest BCUT2D eigenvalue weighted by molar-refractivity contribution is 6.46. The first-order chi connectivity index (χ1) is 17.5. The number of aromatic nitrogens is 1. The van der Waals surface area contributed by atoms with E-state index in [4.69, 9.17) is 9.47 Å². The zero-order valence-corrected chi connectivity index (χ0v) is 19.7. The number of hydrogen-bond acceptors (Lipinski definition) is 6. The molecule has 3 aromatic rings. The third-order valence-corrected chi connectivity index (χ3v) is 5.67. The van der Waals surface area contributed by atoms with Crippen molar-refractivity contribution in [2.45, 2.75) is 12.6 Å². The molecular formula is C29H26N2O5. The molecule has 0 spiro atoms. The third kappa shape index (κ3) is 5.20. The molecule has 2 heterocycles. The van der Waals surface area contributed by atoms with Crippen LogP contribution in [0.1, 0.15) is 22.7 Å². The minimum absolute atomic E-state index is 0.0170. The van der Waals surface area contributed by atoms with Gasteiger partial charge in [0.15, 0.2) is 0 Å². The van der Waals surface area contributed by atoms with Crippen molar-refractivity contribution in [2.75, 3.05) is 13.2 Å². The maximum Gasteiger partial charge on any atom is 0.295 e. The van der Waals surface area contributed by atoms with Crippen LogP contribution >= 0.6 is 0 Å². The number of carbonyl (C=O) groups excluding carboxylic acids is 2. The number of benzene rings is 2. The number of pyridine rings is 1. The molecular weight excluding hydrogens is 456 g/mol. The van der Waals surface area contributed by atoms with Crippen molar-refractivity contribution in [1.29, 1.82) is 0 Å². The van der Waals surface area contributed by atoms with E-state index in [-0.39, 0.29) is 17.9 Å². The van der Waals surface area contributed by atoms with Crippen LogP contribution in [0, 0.1) is 0 Å². The number of ketones is 1. The molecule has 1 unspecified atom stereocenters. The number of likely N-dealkylation sites (tertiary alicyclic amines) is 1. The van der Waals surface area contributed by atoms with E-state index >= 15 is 0 Å². The summed E-state index contributed by atoms with van der Waals surface area (Å²) in [5, 5.41) is 11.2. The molecule has 0 aliphatic carbocycles. The lowest BCUT2D eigenvalue weighted by atomic mass is 9.95. The summed E-state index contributed by atoms with van der Waals surface area (Å²) in [6.07, 6.45) is 6.56. The fourth-order valence-corrected chi connectivity index (χ4v) is 4.00. The van der Waals surface area contributed by atoms with Crippen molar-refractivity contribution >= 4 is 17.4 Å². The molecule has 0 radical (unpaired) electrons. The number of rotatable bonds is 10. The molecule has 4 rings (SSSR count). The smallest absolute Gasteiger partial charge is 0.295 e. The standard InChI is InChI=1S/C29H26N2O5/c1-3-16-35-23-11-7-21(8-12-23)26-25(27(32)22-9-13-24(14-10-22)36-17-4-2)28(33)29(34)31(26)19-20-6-5-15-30-18-20/h3-15,18,26,32H,1-2,16-17,19H2/b27-25+. The summed E-state index contributed by atoms with van der Waals surface area (Å²) in [7, 11) is 0. The second-order valence-corrected chi connectivity index (χ2v) is 8.08. The van der Waals surface area contributed by atoms with E-state index in [1.807, 2.05) is 6.07 Å². The van der Waals surface area contributed by atoms with Crippen molar-refractivity contribution in [3.63, 3.8) is 0 Å². The Morgan fingerprint density at radius 2 is 1.56 bits per heavy atom. The quantitative estimate of drug-likeness (QED) is 0.193. The molecule has 0 saturated carbocycles. The topological polar surface area (TPSA) is 89.0 Å². The van der Waals surface area contributed by atoms with Crippen LogP contribution in [0.3, 0.4) is 0 Å². The van der Waals surface area contributed by atoms with Gasteiger partial charge in [-0.05, 0) is 53.6 Å². The van der Waals surface area contributed by atoms with Crippen LogP contribution in [0.25, 0.3) is 5.76 Å². The molecule has 2 aromatic carbocycles. The second kappa shape index (κ2) is 11.2. The van der Waals surface area contributed by atoms with Gasteiger partial charge in [-0.1, -0.05) is 43.5 Å². The number of hydrogen-bond donors (Lipinski definition) is 1. The van der Waals surface area contributed by atoms with Gasteiger partial charge in [0, 0.05) is 24.5 Å². The van der Waals surface area contributed by atoms with Gasteiger partial charge in [0.25, 0.3) is 11.7 Å². The van der Waals surface area contributed by atoms with Crippen molar-refractivity contribution < 1.29 is 24.2 Å². The molecule has 7 heteroatoms. The first-order valence-corrected chi connectivity index (χ1v) is 11.4. The summed E-state index contributed by atoms with van der Waals surface area (Å²) in [6.45, 7) is 8.12. The highest BCUT2D eigenvalue weighted by atomic mass is 16.5. The fraction of sp³-hybridized carbons (Fsp3) is 0.138. The van der Waals surface area contributed by atoms with E-state index in [0.717, 1.165) is 5.56 Å². The van der Waals surface area contributed by atoms with Gasteiger partial charge < -0.3 is 19.5 Å². The minimum Gasteiger partial charge on any atom is -0.507 e. The minimum atomic E-state index is -0.796. The fourth-order valence-electron chi connectivity index (χ4n) is 4.00. The molecule has 0 bridgehead atoms. The van der Waals surface area contributed by atoms with Crippen LogP contribution in [0.5, 0.6) is 11.5 Å². The van der Waals surface area contributed by atoms with Crippen LogP contribution in [0.15, 0.2) is 104 Å². The summed E-state index contributed by atoms with van der Waals surface area (Å²) in [5.74, 6) is -0.480. The van der Waals surface area contributed by atoms with Gasteiger partial charge in [-0.25, -0.2) is 0 Å². The molecule has 7 nitrogen and oxygen atoms in total. The summed E-state index contributed by atoms with van der Waals surface area (Å²) in [5.41, 5.74) is 1.84. The van der Waals surface area contributed by atoms with Crippen LogP contribution in [0.2, 0.25) is 0 Å². The van der Waals surface area contributed by atoms with Gasteiger partial charge in [-0.3, -0.25) is 14.6 Å². The van der Waals surface area contributed by atoms with E-state index < -0.39 is 17.7 Å². The second-order valence-electron chi connectivity index (χ2n) is 8.08. The van der Waals surface area contributed by atoms with Gasteiger partial charge in [0.1, 0.15) is 30.5 Å². The van der Waals surface area contributed by atoms with Gasteiger partial charge in [-0.15, -0.1) is 0 Å². The number of aliphatic hydroxyl groups excluding tert-OH is 1. The Labute approximate surface area is 209 Å². The molecule has 1 saturated heterocycles. The molecule has 1 amide bonds. The van der Waals surface area contributed by atoms with E-state index in [1.165, 1.54) is 4.90 Å². The number of ether oxygens (including phenoxy) is 2. The van der Waals surface area contributed by atoms with Crippen LogP contribution < -0.4 is 9.47 Å². The van der Waals surface area contributed by atoms with E-state index in [9.17, 15) is 14.7 Å². The Morgan fingerprint density at radius 1 is 0.944 bits per heavy atom. The summed E-state index contributed by atoms with van der Waals surface area (Å²) >= 11 is 0. The Balaban J connectivity index is 1.76. The molecule has 1 fully saturated rings. The van der Waals surface area contributed by atoms with Gasteiger partial charge in [-0.2, -0.15) is 0 Å². The van der Waals surface area contributed by atoms with Crippen molar-refractivity contribution in [2.24, 2.45) is 0 Å².